The van der Waals surface area contributed by atoms with E-state index in [2.05, 4.69) is 10.1 Å². The summed E-state index contributed by atoms with van der Waals surface area (Å²) in [5.41, 5.74) is 0.509. The highest BCUT2D eigenvalue weighted by atomic mass is 19.3. The maximum Gasteiger partial charge on any atom is 0.387 e. The van der Waals surface area contributed by atoms with Crippen molar-refractivity contribution in [3.63, 3.8) is 0 Å². The Balaban J connectivity index is 2.09. The standard InChI is InChI=1S/C17H17F2NO3/c1-2-14(13-7-3-4-8-15(13)23-17(18)19)20-16(21)10-9-12-6-5-11-22-12/h3-11,14,17H,2H2,1H3,(H,20,21). The van der Waals surface area contributed by atoms with Crippen molar-refractivity contribution >= 4 is 12.0 Å². The molecule has 4 nitrogen and oxygen atoms in total. The van der Waals surface area contributed by atoms with Crippen LogP contribution in [0.4, 0.5) is 8.78 Å². The van der Waals surface area contributed by atoms with Crippen LogP contribution in [0.2, 0.25) is 0 Å². The van der Waals surface area contributed by atoms with E-state index in [1.165, 1.54) is 24.5 Å². The molecule has 0 aliphatic heterocycles. The molecule has 0 fully saturated rings. The zero-order valence-electron chi connectivity index (χ0n) is 12.5. The van der Waals surface area contributed by atoms with Gasteiger partial charge < -0.3 is 14.5 Å². The van der Waals surface area contributed by atoms with Gasteiger partial charge >= 0.3 is 6.61 Å². The molecule has 0 saturated carbocycles. The van der Waals surface area contributed by atoms with Gasteiger partial charge in [0.25, 0.3) is 0 Å². The van der Waals surface area contributed by atoms with Gasteiger partial charge in [-0.25, -0.2) is 0 Å². The number of rotatable bonds is 7. The number of amides is 1. The molecule has 0 saturated heterocycles. The van der Waals surface area contributed by atoms with Gasteiger partial charge in [-0.3, -0.25) is 4.79 Å². The second-order valence-corrected chi connectivity index (χ2v) is 4.73. The Morgan fingerprint density at radius 3 is 2.74 bits per heavy atom. The maximum atomic E-state index is 12.5. The number of ether oxygens (including phenoxy) is 1. The molecule has 2 aromatic rings. The Morgan fingerprint density at radius 2 is 2.09 bits per heavy atom. The summed E-state index contributed by atoms with van der Waals surface area (Å²) >= 11 is 0. The molecule has 0 aliphatic carbocycles. The fourth-order valence-corrected chi connectivity index (χ4v) is 2.14. The van der Waals surface area contributed by atoms with Crippen LogP contribution < -0.4 is 10.1 Å². The van der Waals surface area contributed by atoms with Crippen LogP contribution in [0.1, 0.15) is 30.7 Å². The van der Waals surface area contributed by atoms with Gasteiger partial charge in [0.2, 0.25) is 5.91 Å². The van der Waals surface area contributed by atoms with E-state index in [-0.39, 0.29) is 11.7 Å². The number of carbonyl (C=O) groups is 1. The molecule has 1 aromatic heterocycles. The third-order valence-corrected chi connectivity index (χ3v) is 3.18. The average Bonchev–Trinajstić information content (AvgIpc) is 3.04. The highest BCUT2D eigenvalue weighted by Crippen LogP contribution is 2.28. The lowest BCUT2D eigenvalue weighted by atomic mass is 10.0. The van der Waals surface area contributed by atoms with E-state index < -0.39 is 12.7 Å². The van der Waals surface area contributed by atoms with E-state index in [1.807, 2.05) is 6.92 Å². The second-order valence-electron chi connectivity index (χ2n) is 4.73. The summed E-state index contributed by atoms with van der Waals surface area (Å²) in [6, 6.07) is 9.42. The minimum atomic E-state index is -2.91. The van der Waals surface area contributed by atoms with E-state index in [1.54, 1.807) is 30.3 Å². The van der Waals surface area contributed by atoms with Gasteiger partial charge in [-0.15, -0.1) is 0 Å². The number of nitrogens with one attached hydrogen (secondary N) is 1. The van der Waals surface area contributed by atoms with Gasteiger partial charge in [-0.1, -0.05) is 25.1 Å². The summed E-state index contributed by atoms with van der Waals surface area (Å²) in [5, 5.41) is 2.77. The van der Waals surface area contributed by atoms with Crippen LogP contribution in [-0.2, 0) is 4.79 Å². The Morgan fingerprint density at radius 1 is 1.30 bits per heavy atom. The Hall–Kier alpha value is -2.63. The summed E-state index contributed by atoms with van der Waals surface area (Å²) in [5.74, 6) is 0.263. The van der Waals surface area contributed by atoms with Gasteiger partial charge in [0.15, 0.2) is 0 Å². The third-order valence-electron chi connectivity index (χ3n) is 3.18. The first kappa shape index (κ1) is 16.7. The molecule has 2 rings (SSSR count). The molecule has 1 unspecified atom stereocenters. The molecular formula is C17H17F2NO3. The molecule has 0 spiro atoms. The van der Waals surface area contributed by atoms with Crippen molar-refractivity contribution in [3.05, 3.63) is 60.1 Å². The number of furan rings is 1. The van der Waals surface area contributed by atoms with Crippen molar-refractivity contribution in [3.8, 4) is 5.75 Å². The SMILES string of the molecule is CCC(NC(=O)C=Cc1ccco1)c1ccccc1OC(F)F. The second kappa shape index (κ2) is 8.12. The number of hydrogen-bond acceptors (Lipinski definition) is 3. The fraction of sp³-hybridized carbons (Fsp3) is 0.235. The van der Waals surface area contributed by atoms with Crippen molar-refractivity contribution in [2.24, 2.45) is 0 Å². The molecular weight excluding hydrogens is 304 g/mol. The van der Waals surface area contributed by atoms with Crippen LogP contribution in [0.5, 0.6) is 5.75 Å². The minimum absolute atomic E-state index is 0.0599. The predicted molar refractivity (Wildman–Crippen MR) is 82.0 cm³/mol. The largest absolute Gasteiger partial charge is 0.465 e. The molecule has 1 atom stereocenters. The Kier molecular flexibility index (Phi) is 5.91. The number of para-hydroxylation sites is 1. The number of carbonyl (C=O) groups excluding carboxylic acids is 1. The van der Waals surface area contributed by atoms with Gasteiger partial charge in [-0.2, -0.15) is 8.78 Å². The van der Waals surface area contributed by atoms with Crippen LogP contribution in [0.3, 0.4) is 0 Å². The van der Waals surface area contributed by atoms with E-state index in [0.717, 1.165) is 0 Å². The zero-order chi connectivity index (χ0) is 16.7. The van der Waals surface area contributed by atoms with E-state index in [9.17, 15) is 13.6 Å². The van der Waals surface area contributed by atoms with Crippen molar-refractivity contribution in [1.82, 2.24) is 5.32 Å². The molecule has 122 valence electrons. The van der Waals surface area contributed by atoms with Gasteiger partial charge in [0.1, 0.15) is 11.5 Å². The highest BCUT2D eigenvalue weighted by molar-refractivity contribution is 5.91. The molecule has 0 aliphatic rings. The summed E-state index contributed by atoms with van der Waals surface area (Å²) in [6.45, 7) is -1.07. The van der Waals surface area contributed by atoms with Crippen LogP contribution in [-0.4, -0.2) is 12.5 Å². The maximum absolute atomic E-state index is 12.5. The van der Waals surface area contributed by atoms with Crippen molar-refractivity contribution in [1.29, 1.82) is 0 Å². The van der Waals surface area contributed by atoms with Crippen LogP contribution in [0.15, 0.2) is 53.2 Å². The predicted octanol–water partition coefficient (Wildman–Crippen LogP) is 4.16. The minimum Gasteiger partial charge on any atom is -0.465 e. The summed E-state index contributed by atoms with van der Waals surface area (Å²) in [6.07, 6.45) is 4.90. The van der Waals surface area contributed by atoms with Crippen LogP contribution in [0, 0.1) is 0 Å². The first-order valence-electron chi connectivity index (χ1n) is 7.16. The topological polar surface area (TPSA) is 51.5 Å². The Labute approximate surface area is 132 Å². The first-order chi connectivity index (χ1) is 11.1. The third kappa shape index (κ3) is 4.95. The highest BCUT2D eigenvalue weighted by Gasteiger charge is 2.17. The molecule has 1 heterocycles. The number of benzene rings is 1. The lowest BCUT2D eigenvalue weighted by molar-refractivity contribution is -0.117. The quantitative estimate of drug-likeness (QED) is 0.779. The lowest BCUT2D eigenvalue weighted by Gasteiger charge is -2.19. The molecule has 6 heteroatoms. The molecule has 1 amide bonds. The smallest absolute Gasteiger partial charge is 0.387 e. The van der Waals surface area contributed by atoms with E-state index in [0.29, 0.717) is 17.7 Å². The monoisotopic (exact) mass is 321 g/mol. The first-order valence-corrected chi connectivity index (χ1v) is 7.16. The molecule has 0 bridgehead atoms. The zero-order valence-corrected chi connectivity index (χ0v) is 12.5. The molecule has 0 radical (unpaired) electrons. The molecule has 1 N–H and O–H groups in total. The van der Waals surface area contributed by atoms with Crippen LogP contribution in [0.25, 0.3) is 6.08 Å². The van der Waals surface area contributed by atoms with Crippen LogP contribution >= 0.6 is 0 Å². The number of alkyl halides is 2. The van der Waals surface area contributed by atoms with Gasteiger partial charge in [0.05, 0.1) is 12.3 Å². The summed E-state index contributed by atoms with van der Waals surface area (Å²) in [7, 11) is 0. The number of halogens is 2. The van der Waals surface area contributed by atoms with Gasteiger partial charge in [0, 0.05) is 11.6 Å². The number of hydrogen-bond donors (Lipinski definition) is 1. The van der Waals surface area contributed by atoms with Gasteiger partial charge in [-0.05, 0) is 30.7 Å². The summed E-state index contributed by atoms with van der Waals surface area (Å²) < 4.78 is 34.6. The normalized spacial score (nSPS) is 12.5. The fourth-order valence-electron chi connectivity index (χ4n) is 2.14. The van der Waals surface area contributed by atoms with E-state index >= 15 is 0 Å². The molecule has 1 aromatic carbocycles. The summed E-state index contributed by atoms with van der Waals surface area (Å²) in [4.78, 5) is 12.0. The average molecular weight is 321 g/mol. The van der Waals surface area contributed by atoms with Crippen molar-refractivity contribution in [2.75, 3.05) is 0 Å². The van der Waals surface area contributed by atoms with E-state index in [4.69, 9.17) is 4.42 Å². The van der Waals surface area contributed by atoms with Crippen molar-refractivity contribution < 1.29 is 22.7 Å². The van der Waals surface area contributed by atoms with Crippen molar-refractivity contribution in [2.45, 2.75) is 26.0 Å². The lowest BCUT2D eigenvalue weighted by Crippen LogP contribution is -2.27. The Bertz CT molecular complexity index is 654. The molecule has 23 heavy (non-hydrogen) atoms.